The zero-order chi connectivity index (χ0) is 17.0. The number of anilines is 1. The molecule has 2 aromatic carbocycles. The lowest BCUT2D eigenvalue weighted by molar-refractivity contribution is 0.220. The van der Waals surface area contributed by atoms with Crippen molar-refractivity contribution in [2.45, 2.75) is 11.4 Å². The second-order valence-corrected chi connectivity index (χ2v) is 7.23. The number of hydrogen-bond acceptors (Lipinski definition) is 4. The number of aromatic hydroxyl groups is 1. The number of phenols is 1. The summed E-state index contributed by atoms with van der Waals surface area (Å²) in [6.07, 6.45) is 1.13. The molecular weight excluding hydrogens is 316 g/mol. The highest BCUT2D eigenvalue weighted by atomic mass is 32.2. The third-order valence-electron chi connectivity index (χ3n) is 3.28. The molecular formula is C16H18N2O4S. The summed E-state index contributed by atoms with van der Waals surface area (Å²) in [5, 5.41) is 12.4. The van der Waals surface area contributed by atoms with Gasteiger partial charge in [-0.15, -0.1) is 0 Å². The van der Waals surface area contributed by atoms with E-state index in [1.54, 1.807) is 31.3 Å². The number of sulfone groups is 1. The summed E-state index contributed by atoms with van der Waals surface area (Å²) < 4.78 is 22.8. The fourth-order valence-electron chi connectivity index (χ4n) is 1.98. The topological polar surface area (TPSA) is 86.7 Å². The molecule has 2 aromatic rings. The number of urea groups is 1. The minimum absolute atomic E-state index is 0.129. The fourth-order valence-corrected chi connectivity index (χ4v) is 2.61. The van der Waals surface area contributed by atoms with Crippen LogP contribution in [0.15, 0.2) is 53.4 Å². The van der Waals surface area contributed by atoms with Crippen LogP contribution in [0.2, 0.25) is 0 Å². The van der Waals surface area contributed by atoms with Crippen LogP contribution in [-0.4, -0.2) is 37.8 Å². The number of para-hydroxylation sites is 1. The number of carbonyl (C=O) groups is 1. The second-order valence-electron chi connectivity index (χ2n) is 5.21. The lowest BCUT2D eigenvalue weighted by Crippen LogP contribution is -2.30. The van der Waals surface area contributed by atoms with Gasteiger partial charge in [0.1, 0.15) is 5.75 Å². The number of nitrogens with one attached hydrogen (secondary N) is 1. The minimum atomic E-state index is -3.26. The monoisotopic (exact) mass is 334 g/mol. The molecule has 2 rings (SSSR count). The number of hydrogen-bond donors (Lipinski definition) is 2. The zero-order valence-corrected chi connectivity index (χ0v) is 13.7. The minimum Gasteiger partial charge on any atom is -0.508 e. The van der Waals surface area contributed by atoms with Crippen LogP contribution in [0.5, 0.6) is 5.75 Å². The Kier molecular flexibility index (Phi) is 4.90. The highest BCUT2D eigenvalue weighted by Gasteiger charge is 2.12. The number of amides is 2. The van der Waals surface area contributed by atoms with Gasteiger partial charge in [-0.2, -0.15) is 0 Å². The molecule has 0 unspecified atom stereocenters. The average molecular weight is 334 g/mol. The van der Waals surface area contributed by atoms with Gasteiger partial charge in [0.2, 0.25) is 0 Å². The van der Waals surface area contributed by atoms with Crippen molar-refractivity contribution in [3.63, 3.8) is 0 Å². The molecule has 0 radical (unpaired) electrons. The molecule has 6 nitrogen and oxygen atoms in total. The summed E-state index contributed by atoms with van der Waals surface area (Å²) in [6.45, 7) is 0.250. The van der Waals surface area contributed by atoms with Crippen LogP contribution in [-0.2, 0) is 16.4 Å². The first-order valence-corrected chi connectivity index (χ1v) is 8.75. The van der Waals surface area contributed by atoms with Crippen molar-refractivity contribution in [1.82, 2.24) is 4.90 Å². The molecule has 0 saturated carbocycles. The SMILES string of the molecule is CN(Cc1ccccc1O)C(=O)Nc1ccc(S(C)(=O)=O)cc1. The molecule has 2 N–H and O–H groups in total. The molecule has 0 atom stereocenters. The molecule has 0 bridgehead atoms. The quantitative estimate of drug-likeness (QED) is 0.899. The number of rotatable bonds is 4. The third kappa shape index (κ3) is 4.46. The molecule has 0 heterocycles. The van der Waals surface area contributed by atoms with E-state index in [1.165, 1.54) is 29.2 Å². The van der Waals surface area contributed by atoms with Crippen molar-refractivity contribution in [1.29, 1.82) is 0 Å². The first kappa shape index (κ1) is 16.8. The third-order valence-corrected chi connectivity index (χ3v) is 4.41. The lowest BCUT2D eigenvalue weighted by atomic mass is 10.2. The summed E-state index contributed by atoms with van der Waals surface area (Å²) in [5.41, 5.74) is 1.13. The highest BCUT2D eigenvalue weighted by molar-refractivity contribution is 7.90. The van der Waals surface area contributed by atoms with Crippen molar-refractivity contribution < 1.29 is 18.3 Å². The predicted molar refractivity (Wildman–Crippen MR) is 88.1 cm³/mol. The first-order valence-electron chi connectivity index (χ1n) is 6.86. The average Bonchev–Trinajstić information content (AvgIpc) is 2.49. The van der Waals surface area contributed by atoms with Crippen LogP contribution in [0.3, 0.4) is 0 Å². The van der Waals surface area contributed by atoms with Gasteiger partial charge in [0.05, 0.1) is 11.4 Å². The van der Waals surface area contributed by atoms with Gasteiger partial charge in [-0.05, 0) is 30.3 Å². The molecule has 0 aliphatic rings. The lowest BCUT2D eigenvalue weighted by Gasteiger charge is -2.18. The Morgan fingerprint density at radius 1 is 1.13 bits per heavy atom. The van der Waals surface area contributed by atoms with Crippen molar-refractivity contribution in [2.24, 2.45) is 0 Å². The molecule has 0 aromatic heterocycles. The summed E-state index contributed by atoms with van der Waals surface area (Å²) in [7, 11) is -1.66. The normalized spacial score (nSPS) is 11.0. The Hall–Kier alpha value is -2.54. The molecule has 0 aliphatic heterocycles. The molecule has 0 fully saturated rings. The first-order chi connectivity index (χ1) is 10.8. The van der Waals surface area contributed by atoms with Gasteiger partial charge >= 0.3 is 6.03 Å². The standard InChI is InChI=1S/C16H18N2O4S/c1-18(11-12-5-3-4-6-15(12)19)16(20)17-13-7-9-14(10-8-13)23(2,21)22/h3-10,19H,11H2,1-2H3,(H,17,20). The Morgan fingerprint density at radius 3 is 2.30 bits per heavy atom. The van der Waals surface area contributed by atoms with Crippen LogP contribution >= 0.6 is 0 Å². The van der Waals surface area contributed by atoms with E-state index in [9.17, 15) is 18.3 Å². The van der Waals surface area contributed by atoms with Crippen LogP contribution < -0.4 is 5.32 Å². The van der Waals surface area contributed by atoms with E-state index in [2.05, 4.69) is 5.32 Å². The molecule has 0 spiro atoms. The summed E-state index contributed by atoms with van der Waals surface area (Å²) in [6, 6.07) is 12.4. The summed E-state index contributed by atoms with van der Waals surface area (Å²) in [5.74, 6) is 0.129. The van der Waals surface area contributed by atoms with Crippen molar-refractivity contribution in [3.05, 3.63) is 54.1 Å². The van der Waals surface area contributed by atoms with E-state index < -0.39 is 9.84 Å². The number of nitrogens with zero attached hydrogens (tertiary/aromatic N) is 1. The summed E-state index contributed by atoms with van der Waals surface area (Å²) in [4.78, 5) is 13.7. The molecule has 7 heteroatoms. The van der Waals surface area contributed by atoms with Gasteiger partial charge in [-0.3, -0.25) is 0 Å². The van der Waals surface area contributed by atoms with E-state index in [0.717, 1.165) is 6.26 Å². The Morgan fingerprint density at radius 2 is 1.74 bits per heavy atom. The fraction of sp³-hybridized carbons (Fsp3) is 0.188. The Balaban J connectivity index is 2.02. The van der Waals surface area contributed by atoms with Crippen LogP contribution in [0.4, 0.5) is 10.5 Å². The van der Waals surface area contributed by atoms with E-state index in [0.29, 0.717) is 11.3 Å². The predicted octanol–water partition coefficient (Wildman–Crippen LogP) is 2.46. The van der Waals surface area contributed by atoms with Crippen molar-refractivity contribution in [3.8, 4) is 5.75 Å². The van der Waals surface area contributed by atoms with Crippen LogP contribution in [0.1, 0.15) is 5.56 Å². The highest BCUT2D eigenvalue weighted by Crippen LogP contribution is 2.18. The maximum absolute atomic E-state index is 12.1. The van der Waals surface area contributed by atoms with E-state index in [1.807, 2.05) is 0 Å². The van der Waals surface area contributed by atoms with Crippen molar-refractivity contribution in [2.75, 3.05) is 18.6 Å². The number of phenolic OH excluding ortho intramolecular Hbond substituents is 1. The molecule has 122 valence electrons. The Bertz CT molecular complexity index is 801. The van der Waals surface area contributed by atoms with Gasteiger partial charge < -0.3 is 15.3 Å². The maximum Gasteiger partial charge on any atom is 0.321 e. The maximum atomic E-state index is 12.1. The van der Waals surface area contributed by atoms with Gasteiger partial charge in [0, 0.05) is 24.6 Å². The summed E-state index contributed by atoms with van der Waals surface area (Å²) >= 11 is 0. The van der Waals surface area contributed by atoms with Gasteiger partial charge in [0.15, 0.2) is 9.84 Å². The molecule has 23 heavy (non-hydrogen) atoms. The second kappa shape index (κ2) is 6.70. The smallest absolute Gasteiger partial charge is 0.321 e. The Labute approximate surface area is 135 Å². The van der Waals surface area contributed by atoms with Crippen LogP contribution in [0.25, 0.3) is 0 Å². The molecule has 0 aliphatic carbocycles. The number of benzene rings is 2. The van der Waals surface area contributed by atoms with E-state index in [4.69, 9.17) is 0 Å². The van der Waals surface area contributed by atoms with Gasteiger partial charge in [0.25, 0.3) is 0 Å². The zero-order valence-electron chi connectivity index (χ0n) is 12.9. The largest absolute Gasteiger partial charge is 0.508 e. The molecule has 2 amide bonds. The van der Waals surface area contributed by atoms with Crippen LogP contribution in [0, 0.1) is 0 Å². The van der Waals surface area contributed by atoms with E-state index >= 15 is 0 Å². The number of carbonyl (C=O) groups excluding carboxylic acids is 1. The van der Waals surface area contributed by atoms with E-state index in [-0.39, 0.29) is 23.2 Å². The van der Waals surface area contributed by atoms with Gasteiger partial charge in [-0.1, -0.05) is 18.2 Å². The van der Waals surface area contributed by atoms with Crippen molar-refractivity contribution >= 4 is 21.6 Å². The molecule has 0 saturated heterocycles. The van der Waals surface area contributed by atoms with Gasteiger partial charge in [-0.25, -0.2) is 13.2 Å².